The molecule has 162 valence electrons. The Kier molecular flexibility index (Phi) is 5.24. The van der Waals surface area contributed by atoms with Gasteiger partial charge in [0.2, 0.25) is 5.76 Å². The van der Waals surface area contributed by atoms with Crippen LogP contribution in [0.3, 0.4) is 0 Å². The molecular weight excluding hydrogens is 416 g/mol. The van der Waals surface area contributed by atoms with Gasteiger partial charge in [0.15, 0.2) is 0 Å². The number of benzene rings is 4. The minimum atomic E-state index is -0.496. The van der Waals surface area contributed by atoms with Gasteiger partial charge < -0.3 is 19.8 Å². The van der Waals surface area contributed by atoms with Crippen LogP contribution in [0.25, 0.3) is 21.7 Å². The number of methoxy groups -OCH3 is 1. The quantitative estimate of drug-likeness (QED) is 0.349. The highest BCUT2D eigenvalue weighted by Crippen LogP contribution is 2.33. The highest BCUT2D eigenvalue weighted by molar-refractivity contribution is 6.19. The molecule has 0 radical (unpaired) electrons. The number of nitrogens with one attached hydrogen (secondary N) is 2. The Morgan fingerprint density at radius 3 is 2.27 bits per heavy atom. The first-order chi connectivity index (χ1) is 16.2. The third-order valence-electron chi connectivity index (χ3n) is 5.43. The molecule has 5 rings (SSSR count). The first-order valence-corrected chi connectivity index (χ1v) is 10.4. The van der Waals surface area contributed by atoms with Crippen molar-refractivity contribution in [2.45, 2.75) is 0 Å². The number of hydrogen-bond acceptors (Lipinski definition) is 4. The van der Waals surface area contributed by atoms with E-state index >= 15 is 0 Å². The lowest BCUT2D eigenvalue weighted by atomic mass is 10.0. The lowest BCUT2D eigenvalue weighted by Gasteiger charge is -2.11. The molecule has 0 saturated heterocycles. The Bertz CT molecular complexity index is 1500. The normalized spacial score (nSPS) is 10.8. The van der Waals surface area contributed by atoms with Crippen LogP contribution in [-0.4, -0.2) is 18.9 Å². The van der Waals surface area contributed by atoms with Gasteiger partial charge in [0, 0.05) is 10.9 Å². The number of carbonyl (C=O) groups is 2. The van der Waals surface area contributed by atoms with Gasteiger partial charge in [-0.3, -0.25) is 9.59 Å². The van der Waals surface area contributed by atoms with Crippen LogP contribution >= 0.6 is 0 Å². The largest absolute Gasteiger partial charge is 0.495 e. The minimum Gasteiger partial charge on any atom is -0.495 e. The Morgan fingerprint density at radius 1 is 0.727 bits per heavy atom. The molecule has 0 aliphatic heterocycles. The first-order valence-electron chi connectivity index (χ1n) is 10.4. The molecule has 2 N–H and O–H groups in total. The van der Waals surface area contributed by atoms with Gasteiger partial charge >= 0.3 is 0 Å². The van der Waals surface area contributed by atoms with E-state index in [0.717, 1.165) is 10.8 Å². The van der Waals surface area contributed by atoms with Crippen molar-refractivity contribution in [1.82, 2.24) is 0 Å². The third-order valence-corrected chi connectivity index (χ3v) is 5.43. The van der Waals surface area contributed by atoms with E-state index in [1.165, 1.54) is 7.11 Å². The molecule has 4 aromatic carbocycles. The molecular formula is C27H20N2O4. The van der Waals surface area contributed by atoms with E-state index in [0.29, 0.717) is 33.7 Å². The Balaban J connectivity index is 1.54. The monoisotopic (exact) mass is 436 g/mol. The number of rotatable bonds is 5. The highest BCUT2D eigenvalue weighted by atomic mass is 16.5. The molecule has 0 spiro atoms. The third kappa shape index (κ3) is 3.78. The maximum Gasteiger partial charge on any atom is 0.293 e. The summed E-state index contributed by atoms with van der Waals surface area (Å²) in [6.07, 6.45) is 0. The highest BCUT2D eigenvalue weighted by Gasteiger charge is 2.24. The molecule has 5 aromatic rings. The van der Waals surface area contributed by atoms with Crippen molar-refractivity contribution in [2.75, 3.05) is 17.7 Å². The fraction of sp³-hybridized carbons (Fsp3) is 0.0370. The van der Waals surface area contributed by atoms with Crippen LogP contribution in [0.1, 0.15) is 20.9 Å². The van der Waals surface area contributed by atoms with Gasteiger partial charge in [0.25, 0.3) is 11.8 Å². The summed E-state index contributed by atoms with van der Waals surface area (Å²) in [7, 11) is 1.53. The second-order valence-electron chi connectivity index (χ2n) is 7.44. The van der Waals surface area contributed by atoms with Crippen LogP contribution in [0, 0.1) is 0 Å². The van der Waals surface area contributed by atoms with Crippen molar-refractivity contribution >= 4 is 44.9 Å². The maximum absolute atomic E-state index is 13.3. The number of carbonyl (C=O) groups excluding carboxylic acids is 2. The fourth-order valence-corrected chi connectivity index (χ4v) is 3.86. The van der Waals surface area contributed by atoms with Crippen molar-refractivity contribution in [3.63, 3.8) is 0 Å². The molecule has 6 heteroatoms. The van der Waals surface area contributed by atoms with Crippen LogP contribution in [0.5, 0.6) is 5.75 Å². The van der Waals surface area contributed by atoms with Crippen molar-refractivity contribution < 1.29 is 18.7 Å². The van der Waals surface area contributed by atoms with E-state index in [4.69, 9.17) is 9.15 Å². The summed E-state index contributed by atoms with van der Waals surface area (Å²) in [5, 5.41) is 8.14. The SMILES string of the molecule is COc1ccccc1NC(=O)c1oc2ccccc2c1NC(=O)c1cccc2ccccc12. The topological polar surface area (TPSA) is 80.6 Å². The second-order valence-corrected chi connectivity index (χ2v) is 7.44. The fourth-order valence-electron chi connectivity index (χ4n) is 3.86. The Hall–Kier alpha value is -4.58. The average Bonchev–Trinajstić information content (AvgIpc) is 3.22. The van der Waals surface area contributed by atoms with Crippen LogP contribution in [-0.2, 0) is 0 Å². The summed E-state index contributed by atoms with van der Waals surface area (Å²) in [6, 6.07) is 27.5. The van der Waals surface area contributed by atoms with Gasteiger partial charge in [-0.05, 0) is 41.1 Å². The number of fused-ring (bicyclic) bond motifs is 2. The zero-order valence-corrected chi connectivity index (χ0v) is 17.8. The maximum atomic E-state index is 13.3. The van der Waals surface area contributed by atoms with Crippen molar-refractivity contribution in [1.29, 1.82) is 0 Å². The van der Waals surface area contributed by atoms with E-state index in [1.807, 2.05) is 54.6 Å². The summed E-state index contributed by atoms with van der Waals surface area (Å²) >= 11 is 0. The van der Waals surface area contributed by atoms with Gasteiger partial charge in [-0.15, -0.1) is 0 Å². The van der Waals surface area contributed by atoms with Crippen LogP contribution in [0.4, 0.5) is 11.4 Å². The van der Waals surface area contributed by atoms with Gasteiger partial charge in [0.05, 0.1) is 12.8 Å². The lowest BCUT2D eigenvalue weighted by molar-refractivity contribution is 0.0999. The summed E-state index contributed by atoms with van der Waals surface area (Å²) in [5.41, 5.74) is 1.82. The number of amides is 2. The smallest absolute Gasteiger partial charge is 0.293 e. The van der Waals surface area contributed by atoms with Crippen LogP contribution in [0.15, 0.2) is 95.4 Å². The van der Waals surface area contributed by atoms with E-state index in [-0.39, 0.29) is 11.7 Å². The van der Waals surface area contributed by atoms with E-state index in [9.17, 15) is 9.59 Å². The molecule has 33 heavy (non-hydrogen) atoms. The van der Waals surface area contributed by atoms with Crippen LogP contribution in [0.2, 0.25) is 0 Å². The summed E-state index contributed by atoms with van der Waals surface area (Å²) in [6.45, 7) is 0. The molecule has 2 amide bonds. The standard InChI is InChI=1S/C27H20N2O4/c1-32-23-16-7-5-14-21(23)28-27(31)25-24(20-12-4-6-15-22(20)33-25)29-26(30)19-13-8-10-17-9-2-3-11-18(17)19/h2-16H,1H3,(H,28,31)(H,29,30). The first kappa shape index (κ1) is 20.3. The zero-order chi connectivity index (χ0) is 22.8. The molecule has 0 saturated carbocycles. The Labute approximate surface area is 189 Å². The van der Waals surface area contributed by atoms with E-state index in [2.05, 4.69) is 10.6 Å². The molecule has 0 aliphatic rings. The summed E-state index contributed by atoms with van der Waals surface area (Å²) in [4.78, 5) is 26.5. The predicted molar refractivity (Wildman–Crippen MR) is 129 cm³/mol. The molecule has 0 aliphatic carbocycles. The summed E-state index contributed by atoms with van der Waals surface area (Å²) < 4.78 is 11.2. The molecule has 1 heterocycles. The number of para-hydroxylation sites is 3. The average molecular weight is 436 g/mol. The Morgan fingerprint density at radius 2 is 1.42 bits per heavy atom. The molecule has 0 atom stereocenters. The van der Waals surface area contributed by atoms with Crippen molar-refractivity contribution in [2.24, 2.45) is 0 Å². The molecule has 6 nitrogen and oxygen atoms in total. The van der Waals surface area contributed by atoms with Gasteiger partial charge in [0.1, 0.15) is 17.0 Å². The van der Waals surface area contributed by atoms with Crippen LogP contribution < -0.4 is 15.4 Å². The summed E-state index contributed by atoms with van der Waals surface area (Å²) in [5.74, 6) is -0.299. The molecule has 0 bridgehead atoms. The zero-order valence-electron chi connectivity index (χ0n) is 17.8. The number of anilines is 2. The van der Waals surface area contributed by atoms with Gasteiger partial charge in [-0.2, -0.15) is 0 Å². The van der Waals surface area contributed by atoms with E-state index in [1.54, 1.807) is 36.4 Å². The molecule has 0 unspecified atom stereocenters. The van der Waals surface area contributed by atoms with E-state index < -0.39 is 5.91 Å². The number of ether oxygens (including phenoxy) is 1. The molecule has 0 fully saturated rings. The molecule has 1 aromatic heterocycles. The second kappa shape index (κ2) is 8.51. The number of hydrogen-bond donors (Lipinski definition) is 2. The predicted octanol–water partition coefficient (Wildman–Crippen LogP) is 6.10. The van der Waals surface area contributed by atoms with Gasteiger partial charge in [-0.1, -0.05) is 60.7 Å². The van der Waals surface area contributed by atoms with Crippen molar-refractivity contribution in [3.8, 4) is 5.75 Å². The lowest BCUT2D eigenvalue weighted by Crippen LogP contribution is -2.17. The minimum absolute atomic E-state index is 0.00990. The number of furan rings is 1. The van der Waals surface area contributed by atoms with Gasteiger partial charge in [-0.25, -0.2) is 0 Å². The van der Waals surface area contributed by atoms with Crippen molar-refractivity contribution in [3.05, 3.63) is 102 Å².